The van der Waals surface area contributed by atoms with Crippen LogP contribution in [0.2, 0.25) is 0 Å². The number of nitrogens with zero attached hydrogens (tertiary/aromatic N) is 1. The molecule has 5 nitrogen and oxygen atoms in total. The number of anilines is 1. The first-order valence-corrected chi connectivity index (χ1v) is 8.95. The molecule has 2 N–H and O–H groups in total. The first-order valence-electron chi connectivity index (χ1n) is 8.16. The Morgan fingerprint density at radius 2 is 2.08 bits per heavy atom. The van der Waals surface area contributed by atoms with Gasteiger partial charge in [-0.05, 0) is 37.1 Å². The number of pyridine rings is 1. The van der Waals surface area contributed by atoms with Crippen molar-refractivity contribution in [2.45, 2.75) is 37.7 Å². The molecule has 24 heavy (non-hydrogen) atoms. The van der Waals surface area contributed by atoms with Gasteiger partial charge >= 0.3 is 5.97 Å². The number of fused-ring (bicyclic) bond motifs is 1. The van der Waals surface area contributed by atoms with Crippen LogP contribution in [0, 0.1) is 0 Å². The molecule has 1 aliphatic carbocycles. The van der Waals surface area contributed by atoms with E-state index in [9.17, 15) is 9.90 Å². The van der Waals surface area contributed by atoms with Crippen LogP contribution in [0.3, 0.4) is 0 Å². The Morgan fingerprint density at radius 1 is 1.33 bits per heavy atom. The van der Waals surface area contributed by atoms with Gasteiger partial charge in [-0.1, -0.05) is 35.2 Å². The third-order valence-corrected chi connectivity index (χ3v) is 5.05. The molecular formula is C18H21BrN2O3. The molecule has 1 aromatic heterocycles. The lowest BCUT2D eigenvalue weighted by Gasteiger charge is -2.32. The fourth-order valence-electron chi connectivity index (χ4n) is 3.20. The van der Waals surface area contributed by atoms with Gasteiger partial charge in [0.15, 0.2) is 5.69 Å². The van der Waals surface area contributed by atoms with Gasteiger partial charge in [0.1, 0.15) is 0 Å². The predicted octanol–water partition coefficient (Wildman–Crippen LogP) is 3.89. The summed E-state index contributed by atoms with van der Waals surface area (Å²) in [6, 6.07) is 7.38. The summed E-state index contributed by atoms with van der Waals surface area (Å²) in [5.74, 6) is -0.473. The van der Waals surface area contributed by atoms with Crippen LogP contribution in [0.4, 0.5) is 5.69 Å². The Balaban J connectivity index is 1.94. The van der Waals surface area contributed by atoms with Crippen molar-refractivity contribution in [3.8, 4) is 0 Å². The van der Waals surface area contributed by atoms with Gasteiger partial charge in [-0.15, -0.1) is 0 Å². The molecular weight excluding hydrogens is 372 g/mol. The Bertz CT molecular complexity index is 757. The molecule has 128 valence electrons. The number of rotatable bonds is 4. The zero-order chi connectivity index (χ0) is 17.2. The van der Waals surface area contributed by atoms with Crippen molar-refractivity contribution in [3.05, 3.63) is 34.4 Å². The molecule has 0 radical (unpaired) electrons. The highest BCUT2D eigenvalue weighted by Gasteiger charge is 2.29. The smallest absolute Gasteiger partial charge is 0.356 e. The molecule has 0 unspecified atom stereocenters. The van der Waals surface area contributed by atoms with Crippen LogP contribution in [0.25, 0.3) is 10.9 Å². The van der Waals surface area contributed by atoms with Crippen molar-refractivity contribution in [2.24, 2.45) is 0 Å². The molecule has 0 aliphatic heterocycles. The molecule has 0 bridgehead atoms. The Kier molecular flexibility index (Phi) is 5.06. The standard InChI is InChI=1S/C18H21BrN2O3/c1-24-17(22)16-10-15(13-9-12(19)5-6-14(13)21-16)20-11-18(23)7-3-2-4-8-18/h5-6,9-10,23H,2-4,7-8,11H2,1H3,(H,20,21). The number of esters is 1. The number of aromatic nitrogens is 1. The van der Waals surface area contributed by atoms with E-state index in [0.717, 1.165) is 41.2 Å². The van der Waals surface area contributed by atoms with E-state index in [-0.39, 0.29) is 5.69 Å². The maximum absolute atomic E-state index is 11.9. The van der Waals surface area contributed by atoms with Crippen molar-refractivity contribution >= 4 is 38.5 Å². The Hall–Kier alpha value is -1.66. The summed E-state index contributed by atoms with van der Waals surface area (Å²) in [4.78, 5) is 16.2. The lowest BCUT2D eigenvalue weighted by Crippen LogP contribution is -2.38. The lowest BCUT2D eigenvalue weighted by molar-refractivity contribution is 0.0167. The van der Waals surface area contributed by atoms with Crippen LogP contribution in [-0.4, -0.2) is 35.3 Å². The first-order chi connectivity index (χ1) is 11.5. The van der Waals surface area contributed by atoms with E-state index in [4.69, 9.17) is 4.74 Å². The van der Waals surface area contributed by atoms with Crippen molar-refractivity contribution in [3.63, 3.8) is 0 Å². The second kappa shape index (κ2) is 7.07. The summed E-state index contributed by atoms with van der Waals surface area (Å²) >= 11 is 3.47. The van der Waals surface area contributed by atoms with Gasteiger partial charge in [0, 0.05) is 22.1 Å². The quantitative estimate of drug-likeness (QED) is 0.772. The number of hydrogen-bond donors (Lipinski definition) is 2. The van der Waals surface area contributed by atoms with E-state index in [0.29, 0.717) is 12.1 Å². The summed E-state index contributed by atoms with van der Waals surface area (Å²) in [7, 11) is 1.34. The summed E-state index contributed by atoms with van der Waals surface area (Å²) in [5, 5.41) is 14.9. The monoisotopic (exact) mass is 392 g/mol. The second-order valence-corrected chi connectivity index (χ2v) is 7.26. The number of benzene rings is 1. The first kappa shape index (κ1) is 17.2. The average molecular weight is 393 g/mol. The maximum Gasteiger partial charge on any atom is 0.356 e. The number of methoxy groups -OCH3 is 1. The van der Waals surface area contributed by atoms with Crippen molar-refractivity contribution in [2.75, 3.05) is 19.0 Å². The van der Waals surface area contributed by atoms with Crippen molar-refractivity contribution in [1.82, 2.24) is 4.98 Å². The fraction of sp³-hybridized carbons (Fsp3) is 0.444. The van der Waals surface area contributed by atoms with Crippen LogP contribution < -0.4 is 5.32 Å². The molecule has 3 rings (SSSR count). The molecule has 0 saturated heterocycles. The Labute approximate surface area is 149 Å². The predicted molar refractivity (Wildman–Crippen MR) is 97.3 cm³/mol. The van der Waals surface area contributed by atoms with Crippen LogP contribution in [0.5, 0.6) is 0 Å². The minimum atomic E-state index is -0.689. The highest BCUT2D eigenvalue weighted by Crippen LogP contribution is 2.31. The molecule has 0 amide bonds. The van der Waals surface area contributed by atoms with Gasteiger partial charge in [0.25, 0.3) is 0 Å². The van der Waals surface area contributed by atoms with E-state index < -0.39 is 11.6 Å². The molecule has 0 atom stereocenters. The van der Waals surface area contributed by atoms with Gasteiger partial charge in [0.05, 0.1) is 18.2 Å². The molecule has 1 aliphatic rings. The van der Waals surface area contributed by atoms with Gasteiger partial charge < -0.3 is 15.2 Å². The van der Waals surface area contributed by atoms with Crippen molar-refractivity contribution in [1.29, 1.82) is 0 Å². The van der Waals surface area contributed by atoms with Crippen LogP contribution >= 0.6 is 15.9 Å². The van der Waals surface area contributed by atoms with E-state index in [1.165, 1.54) is 13.5 Å². The third kappa shape index (κ3) is 3.70. The topological polar surface area (TPSA) is 71.5 Å². The van der Waals surface area contributed by atoms with E-state index in [1.807, 2.05) is 18.2 Å². The minimum Gasteiger partial charge on any atom is -0.464 e. The zero-order valence-electron chi connectivity index (χ0n) is 13.6. The number of hydrogen-bond acceptors (Lipinski definition) is 5. The minimum absolute atomic E-state index is 0.255. The SMILES string of the molecule is COC(=O)c1cc(NCC2(O)CCCCC2)c2cc(Br)ccc2n1. The van der Waals surface area contributed by atoms with Crippen molar-refractivity contribution < 1.29 is 14.6 Å². The average Bonchev–Trinajstić information content (AvgIpc) is 2.59. The molecule has 1 saturated carbocycles. The van der Waals surface area contributed by atoms with E-state index in [2.05, 4.69) is 26.2 Å². The van der Waals surface area contributed by atoms with E-state index >= 15 is 0 Å². The number of carbonyl (C=O) groups excluding carboxylic acids is 1. The van der Waals surface area contributed by atoms with E-state index in [1.54, 1.807) is 6.07 Å². The Morgan fingerprint density at radius 3 is 2.79 bits per heavy atom. The summed E-state index contributed by atoms with van der Waals surface area (Å²) < 4.78 is 5.72. The number of carbonyl (C=O) groups is 1. The maximum atomic E-state index is 11.9. The number of ether oxygens (including phenoxy) is 1. The van der Waals surface area contributed by atoms with Gasteiger partial charge in [-0.3, -0.25) is 0 Å². The highest BCUT2D eigenvalue weighted by atomic mass is 79.9. The van der Waals surface area contributed by atoms with Gasteiger partial charge in [-0.25, -0.2) is 9.78 Å². The zero-order valence-corrected chi connectivity index (χ0v) is 15.2. The van der Waals surface area contributed by atoms with Gasteiger partial charge in [0.2, 0.25) is 0 Å². The molecule has 2 aromatic rings. The number of nitrogens with one attached hydrogen (secondary N) is 1. The van der Waals surface area contributed by atoms with Crippen LogP contribution in [-0.2, 0) is 4.74 Å². The largest absolute Gasteiger partial charge is 0.464 e. The fourth-order valence-corrected chi connectivity index (χ4v) is 3.56. The summed E-state index contributed by atoms with van der Waals surface area (Å²) in [6.07, 6.45) is 4.88. The molecule has 1 heterocycles. The summed E-state index contributed by atoms with van der Waals surface area (Å²) in [5.41, 5.74) is 1.05. The van der Waals surface area contributed by atoms with Crippen LogP contribution in [0.1, 0.15) is 42.6 Å². The molecule has 6 heteroatoms. The molecule has 0 spiro atoms. The lowest BCUT2D eigenvalue weighted by atomic mass is 9.85. The van der Waals surface area contributed by atoms with Crippen LogP contribution in [0.15, 0.2) is 28.7 Å². The summed E-state index contributed by atoms with van der Waals surface area (Å²) in [6.45, 7) is 0.458. The number of aliphatic hydroxyl groups is 1. The second-order valence-electron chi connectivity index (χ2n) is 6.35. The molecule has 1 fully saturated rings. The normalized spacial score (nSPS) is 16.8. The third-order valence-electron chi connectivity index (χ3n) is 4.56. The molecule has 1 aromatic carbocycles. The van der Waals surface area contributed by atoms with Gasteiger partial charge in [-0.2, -0.15) is 0 Å². The highest BCUT2D eigenvalue weighted by molar-refractivity contribution is 9.10. The number of halogens is 1.